The standard InChI is InChI=1S/C20H27F3N4O5/c1-19(31)16(28)24-18(30)27(17(19)29)8-4-7-25-9-11-26(12-10-25)14-5-2-3-6-15(14)32-13-20(21,22)23/h2-3,5-6,16,28,31H,4,7-13H2,1H3,(H,24,30)/t16-,19+/m0/s1. The molecule has 12 heteroatoms. The number of hydrogen-bond donors (Lipinski definition) is 3. The average molecular weight is 460 g/mol. The first-order valence-electron chi connectivity index (χ1n) is 10.3. The van der Waals surface area contributed by atoms with E-state index in [0.717, 1.165) is 11.8 Å². The molecular weight excluding hydrogens is 433 g/mol. The topological polar surface area (TPSA) is 106 Å². The van der Waals surface area contributed by atoms with Gasteiger partial charge in [0.2, 0.25) is 0 Å². The average Bonchev–Trinajstić information content (AvgIpc) is 2.74. The van der Waals surface area contributed by atoms with Crippen LogP contribution in [0.5, 0.6) is 5.75 Å². The third-order valence-electron chi connectivity index (χ3n) is 5.54. The second-order valence-corrected chi connectivity index (χ2v) is 8.01. The lowest BCUT2D eigenvalue weighted by atomic mass is 10.0. The van der Waals surface area contributed by atoms with Crippen LogP contribution in [0.4, 0.5) is 23.7 Å². The number of carbonyl (C=O) groups excluding carboxylic acids is 2. The quantitative estimate of drug-likeness (QED) is 0.552. The number of halogens is 3. The van der Waals surface area contributed by atoms with E-state index in [0.29, 0.717) is 44.8 Å². The van der Waals surface area contributed by atoms with Crippen molar-refractivity contribution in [2.75, 3.05) is 50.8 Å². The zero-order chi connectivity index (χ0) is 23.5. The Hall–Kier alpha value is -2.57. The fourth-order valence-corrected chi connectivity index (χ4v) is 3.69. The van der Waals surface area contributed by atoms with Crippen molar-refractivity contribution >= 4 is 17.6 Å². The number of para-hydroxylation sites is 2. The molecule has 2 aliphatic heterocycles. The van der Waals surface area contributed by atoms with Crippen molar-refractivity contribution in [2.45, 2.75) is 31.3 Å². The molecule has 178 valence electrons. The number of ether oxygens (including phenoxy) is 1. The first-order chi connectivity index (χ1) is 15.0. The van der Waals surface area contributed by atoms with Crippen LogP contribution in [0.3, 0.4) is 0 Å². The van der Waals surface area contributed by atoms with Crippen LogP contribution >= 0.6 is 0 Å². The Morgan fingerprint density at radius 2 is 1.81 bits per heavy atom. The summed E-state index contributed by atoms with van der Waals surface area (Å²) < 4.78 is 42.5. The molecule has 3 N–H and O–H groups in total. The second-order valence-electron chi connectivity index (χ2n) is 8.01. The van der Waals surface area contributed by atoms with E-state index < -0.39 is 36.6 Å². The Kier molecular flexibility index (Phi) is 7.16. The molecule has 2 aliphatic rings. The molecule has 3 amide bonds. The SMILES string of the molecule is C[C@]1(O)C(=O)N(CCCN2CCN(c3ccccc3OCC(F)(F)F)CC2)C(=O)N[C@H]1O. The van der Waals surface area contributed by atoms with E-state index in [1.165, 1.54) is 6.07 Å². The first kappa shape index (κ1) is 24.1. The summed E-state index contributed by atoms with van der Waals surface area (Å²) >= 11 is 0. The van der Waals surface area contributed by atoms with E-state index in [9.17, 15) is 33.0 Å². The molecule has 0 aliphatic carbocycles. The molecule has 2 atom stereocenters. The lowest BCUT2D eigenvalue weighted by Crippen LogP contribution is -2.68. The molecule has 0 bridgehead atoms. The van der Waals surface area contributed by atoms with Crippen LogP contribution in [0.1, 0.15) is 13.3 Å². The summed E-state index contributed by atoms with van der Waals surface area (Å²) in [4.78, 5) is 29.2. The van der Waals surface area contributed by atoms with Crippen molar-refractivity contribution < 1.29 is 37.7 Å². The number of nitrogens with zero attached hydrogens (tertiary/aromatic N) is 3. The van der Waals surface area contributed by atoms with Crippen molar-refractivity contribution in [1.82, 2.24) is 15.1 Å². The van der Waals surface area contributed by atoms with E-state index in [2.05, 4.69) is 10.2 Å². The molecular formula is C20H27F3N4O5. The van der Waals surface area contributed by atoms with Gasteiger partial charge >= 0.3 is 12.2 Å². The highest BCUT2D eigenvalue weighted by Gasteiger charge is 2.48. The predicted octanol–water partition coefficient (Wildman–Crippen LogP) is 0.761. The lowest BCUT2D eigenvalue weighted by molar-refractivity contribution is -0.165. The van der Waals surface area contributed by atoms with Crippen molar-refractivity contribution in [2.24, 2.45) is 0 Å². The smallest absolute Gasteiger partial charge is 0.422 e. The molecule has 0 unspecified atom stereocenters. The summed E-state index contributed by atoms with van der Waals surface area (Å²) in [5.41, 5.74) is -1.48. The van der Waals surface area contributed by atoms with Crippen LogP contribution in [0.25, 0.3) is 0 Å². The minimum Gasteiger partial charge on any atom is -0.482 e. The molecule has 2 heterocycles. The van der Waals surface area contributed by atoms with E-state index in [1.807, 2.05) is 4.90 Å². The van der Waals surface area contributed by atoms with E-state index in [1.54, 1.807) is 18.2 Å². The summed E-state index contributed by atoms with van der Waals surface area (Å²) in [5, 5.41) is 21.8. The minimum absolute atomic E-state index is 0.0852. The lowest BCUT2D eigenvalue weighted by Gasteiger charge is -2.39. The molecule has 0 spiro atoms. The maximum absolute atomic E-state index is 12.5. The van der Waals surface area contributed by atoms with E-state index >= 15 is 0 Å². The van der Waals surface area contributed by atoms with Gasteiger partial charge in [0.1, 0.15) is 5.75 Å². The van der Waals surface area contributed by atoms with E-state index in [-0.39, 0.29) is 12.3 Å². The third-order valence-corrected chi connectivity index (χ3v) is 5.54. The highest BCUT2D eigenvalue weighted by Crippen LogP contribution is 2.30. The molecule has 32 heavy (non-hydrogen) atoms. The molecule has 1 aromatic carbocycles. The number of rotatable bonds is 7. The van der Waals surface area contributed by atoms with Gasteiger partial charge in [-0.2, -0.15) is 13.2 Å². The van der Waals surface area contributed by atoms with Crippen molar-refractivity contribution in [1.29, 1.82) is 0 Å². The molecule has 1 aromatic rings. The maximum atomic E-state index is 12.5. The Morgan fingerprint density at radius 1 is 1.16 bits per heavy atom. The van der Waals surface area contributed by atoms with Crippen molar-refractivity contribution in [3.05, 3.63) is 24.3 Å². The monoisotopic (exact) mass is 460 g/mol. The highest BCUT2D eigenvalue weighted by molar-refractivity contribution is 6.01. The van der Waals surface area contributed by atoms with Gasteiger partial charge in [-0.25, -0.2) is 4.79 Å². The number of urea groups is 1. The third kappa shape index (κ3) is 5.61. The number of aliphatic hydroxyl groups excluding tert-OH is 1. The van der Waals surface area contributed by atoms with Gasteiger partial charge in [0, 0.05) is 32.7 Å². The molecule has 0 aromatic heterocycles. The summed E-state index contributed by atoms with van der Waals surface area (Å²) in [6.45, 7) is 2.91. The Morgan fingerprint density at radius 3 is 2.47 bits per heavy atom. The van der Waals surface area contributed by atoms with Gasteiger partial charge in [-0.05, 0) is 32.0 Å². The maximum Gasteiger partial charge on any atom is 0.422 e. The fourth-order valence-electron chi connectivity index (χ4n) is 3.69. The Labute approximate surface area is 183 Å². The van der Waals surface area contributed by atoms with Crippen LogP contribution in [0, 0.1) is 0 Å². The van der Waals surface area contributed by atoms with Gasteiger partial charge in [-0.1, -0.05) is 12.1 Å². The molecule has 2 fully saturated rings. The van der Waals surface area contributed by atoms with Crippen LogP contribution < -0.4 is 15.0 Å². The first-order valence-corrected chi connectivity index (χ1v) is 10.3. The van der Waals surface area contributed by atoms with Crippen LogP contribution in [0.2, 0.25) is 0 Å². The van der Waals surface area contributed by atoms with E-state index in [4.69, 9.17) is 4.74 Å². The summed E-state index contributed by atoms with van der Waals surface area (Å²) in [6.07, 6.45) is -5.60. The predicted molar refractivity (Wildman–Crippen MR) is 108 cm³/mol. The fraction of sp³-hybridized carbons (Fsp3) is 0.600. The summed E-state index contributed by atoms with van der Waals surface area (Å²) in [7, 11) is 0. The zero-order valence-electron chi connectivity index (χ0n) is 17.6. The van der Waals surface area contributed by atoms with Crippen molar-refractivity contribution in [3.63, 3.8) is 0 Å². The van der Waals surface area contributed by atoms with Gasteiger partial charge < -0.3 is 25.2 Å². The van der Waals surface area contributed by atoms with Gasteiger partial charge in [-0.15, -0.1) is 0 Å². The number of carbonyl (C=O) groups is 2. The molecule has 2 saturated heterocycles. The summed E-state index contributed by atoms with van der Waals surface area (Å²) in [6, 6.07) is 5.85. The number of alkyl halides is 3. The molecule has 0 radical (unpaired) electrons. The number of piperazine rings is 1. The van der Waals surface area contributed by atoms with Crippen molar-refractivity contribution in [3.8, 4) is 5.75 Å². The largest absolute Gasteiger partial charge is 0.482 e. The number of anilines is 1. The number of nitrogens with one attached hydrogen (secondary N) is 1. The van der Waals surface area contributed by atoms with Gasteiger partial charge in [0.15, 0.2) is 18.4 Å². The Bertz CT molecular complexity index is 828. The number of amides is 3. The molecule has 0 saturated carbocycles. The molecule has 3 rings (SSSR count). The van der Waals surface area contributed by atoms with Gasteiger partial charge in [-0.3, -0.25) is 14.6 Å². The second kappa shape index (κ2) is 9.51. The number of imide groups is 1. The minimum atomic E-state index is -4.41. The normalized spacial score (nSPS) is 25.1. The van der Waals surface area contributed by atoms with Crippen LogP contribution in [0.15, 0.2) is 24.3 Å². The van der Waals surface area contributed by atoms with Crippen LogP contribution in [-0.4, -0.2) is 95.8 Å². The number of benzene rings is 1. The number of hydrogen-bond acceptors (Lipinski definition) is 7. The summed E-state index contributed by atoms with van der Waals surface area (Å²) in [5.74, 6) is -0.670. The highest BCUT2D eigenvalue weighted by atomic mass is 19.4. The molecule has 9 nitrogen and oxygen atoms in total. The Balaban J connectivity index is 1.48. The van der Waals surface area contributed by atoms with Crippen LogP contribution in [-0.2, 0) is 4.79 Å². The van der Waals surface area contributed by atoms with Gasteiger partial charge in [0.05, 0.1) is 5.69 Å². The van der Waals surface area contributed by atoms with Gasteiger partial charge in [0.25, 0.3) is 5.91 Å². The number of aliphatic hydroxyl groups is 2. The zero-order valence-corrected chi connectivity index (χ0v) is 17.6.